The van der Waals surface area contributed by atoms with Crippen molar-refractivity contribution in [3.05, 3.63) is 24.8 Å². The first-order valence-corrected chi connectivity index (χ1v) is 6.52. The lowest BCUT2D eigenvalue weighted by Gasteiger charge is -2.28. The van der Waals surface area contributed by atoms with Gasteiger partial charge in [-0.05, 0) is 47.0 Å². The maximum atomic E-state index is 9.94. The smallest absolute Gasteiger partial charge is 0.0869 e. The highest BCUT2D eigenvalue weighted by Gasteiger charge is 2.40. The van der Waals surface area contributed by atoms with Gasteiger partial charge in [0, 0.05) is 0 Å². The van der Waals surface area contributed by atoms with E-state index in [9.17, 15) is 10.2 Å². The van der Waals surface area contributed by atoms with Gasteiger partial charge in [-0.15, -0.1) is 6.58 Å². The quantitative estimate of drug-likeness (QED) is 0.741. The predicted molar refractivity (Wildman–Crippen MR) is 73.4 cm³/mol. The van der Waals surface area contributed by atoms with Crippen LogP contribution in [0.1, 0.15) is 47.0 Å². The highest BCUT2D eigenvalue weighted by Crippen LogP contribution is 2.36. The Kier molecular flexibility index (Phi) is 4.42. The highest BCUT2D eigenvalue weighted by atomic mass is 16.5. The summed E-state index contributed by atoms with van der Waals surface area (Å²) in [5.74, 6) is 0. The SMILES string of the molecule is C=C[C@@](C)(O)CC=C[C@@]1(C)CC[C@@H](C(C)(C)O)O1. The van der Waals surface area contributed by atoms with E-state index in [4.69, 9.17) is 4.74 Å². The van der Waals surface area contributed by atoms with Gasteiger partial charge in [0.05, 0.1) is 22.9 Å². The molecule has 0 aromatic rings. The number of hydrogen-bond donors (Lipinski definition) is 2. The Labute approximate surface area is 110 Å². The molecule has 1 aliphatic heterocycles. The zero-order chi connectivity index (χ0) is 14.0. The van der Waals surface area contributed by atoms with Crippen molar-refractivity contribution in [1.82, 2.24) is 0 Å². The molecule has 0 unspecified atom stereocenters. The standard InChI is InChI=1S/C15H26O3/c1-6-14(4,17)9-7-10-15(5)11-8-12(18-15)13(2,3)16/h6-7,10,12,16-17H,1,8-9,11H2,2-5H3/t12-,14+,15-/m0/s1. The Bertz CT molecular complexity index is 325. The van der Waals surface area contributed by atoms with Crippen LogP contribution in [-0.4, -0.2) is 33.1 Å². The summed E-state index contributed by atoms with van der Waals surface area (Å²) in [7, 11) is 0. The summed E-state index contributed by atoms with van der Waals surface area (Å²) < 4.78 is 5.92. The van der Waals surface area contributed by atoms with Gasteiger partial charge < -0.3 is 14.9 Å². The number of ether oxygens (including phenoxy) is 1. The van der Waals surface area contributed by atoms with Crippen LogP contribution in [0, 0.1) is 0 Å². The fraction of sp³-hybridized carbons (Fsp3) is 0.733. The van der Waals surface area contributed by atoms with Gasteiger partial charge >= 0.3 is 0 Å². The van der Waals surface area contributed by atoms with Crippen LogP contribution in [0.4, 0.5) is 0 Å². The van der Waals surface area contributed by atoms with Gasteiger partial charge in [-0.2, -0.15) is 0 Å². The minimum absolute atomic E-state index is 0.132. The van der Waals surface area contributed by atoms with Gasteiger partial charge in [-0.3, -0.25) is 0 Å². The van der Waals surface area contributed by atoms with Crippen molar-refractivity contribution in [2.24, 2.45) is 0 Å². The lowest BCUT2D eigenvalue weighted by atomic mass is 9.95. The summed E-state index contributed by atoms with van der Waals surface area (Å²) in [6, 6.07) is 0. The molecule has 2 N–H and O–H groups in total. The molecule has 3 heteroatoms. The third-order valence-electron chi connectivity index (χ3n) is 3.54. The zero-order valence-corrected chi connectivity index (χ0v) is 11.9. The average molecular weight is 254 g/mol. The van der Waals surface area contributed by atoms with Crippen LogP contribution in [0.25, 0.3) is 0 Å². The first kappa shape index (κ1) is 15.4. The molecule has 1 saturated heterocycles. The van der Waals surface area contributed by atoms with Crippen LogP contribution in [-0.2, 0) is 4.74 Å². The maximum Gasteiger partial charge on any atom is 0.0869 e. The summed E-state index contributed by atoms with van der Waals surface area (Å²) in [5, 5.41) is 19.8. The molecule has 1 aliphatic rings. The average Bonchev–Trinajstić information content (AvgIpc) is 2.60. The second-order valence-electron chi connectivity index (χ2n) is 6.28. The van der Waals surface area contributed by atoms with Crippen LogP contribution in [0.2, 0.25) is 0 Å². The fourth-order valence-electron chi connectivity index (χ4n) is 2.11. The van der Waals surface area contributed by atoms with E-state index in [1.165, 1.54) is 6.08 Å². The molecule has 18 heavy (non-hydrogen) atoms. The summed E-state index contributed by atoms with van der Waals surface area (Å²) in [4.78, 5) is 0. The maximum absolute atomic E-state index is 9.94. The second-order valence-corrected chi connectivity index (χ2v) is 6.28. The summed E-state index contributed by atoms with van der Waals surface area (Å²) in [6.07, 6.45) is 7.56. The molecule has 1 fully saturated rings. The minimum Gasteiger partial charge on any atom is -0.388 e. The van der Waals surface area contributed by atoms with E-state index in [-0.39, 0.29) is 11.7 Å². The van der Waals surface area contributed by atoms with Crippen LogP contribution < -0.4 is 0 Å². The Morgan fingerprint density at radius 3 is 2.44 bits per heavy atom. The molecule has 0 spiro atoms. The molecule has 0 aromatic carbocycles. The van der Waals surface area contributed by atoms with E-state index in [0.717, 1.165) is 12.8 Å². The van der Waals surface area contributed by atoms with Crippen LogP contribution in [0.15, 0.2) is 24.8 Å². The highest BCUT2D eigenvalue weighted by molar-refractivity contribution is 5.08. The Morgan fingerprint density at radius 1 is 1.39 bits per heavy atom. The lowest BCUT2D eigenvalue weighted by molar-refractivity contribution is -0.0999. The topological polar surface area (TPSA) is 49.7 Å². The molecule has 0 saturated carbocycles. The van der Waals surface area contributed by atoms with Crippen molar-refractivity contribution in [3.63, 3.8) is 0 Å². The molecule has 3 nitrogen and oxygen atoms in total. The molecular weight excluding hydrogens is 228 g/mol. The number of hydrogen-bond acceptors (Lipinski definition) is 3. The van der Waals surface area contributed by atoms with Gasteiger partial charge in [0.15, 0.2) is 0 Å². The lowest BCUT2D eigenvalue weighted by Crippen LogP contribution is -2.37. The molecule has 0 aromatic heterocycles. The monoisotopic (exact) mass is 254 g/mol. The largest absolute Gasteiger partial charge is 0.388 e. The van der Waals surface area contributed by atoms with E-state index in [2.05, 4.69) is 6.58 Å². The van der Waals surface area contributed by atoms with Gasteiger partial charge in [-0.25, -0.2) is 0 Å². The summed E-state index contributed by atoms with van der Waals surface area (Å²) in [6.45, 7) is 10.9. The van der Waals surface area contributed by atoms with E-state index < -0.39 is 11.2 Å². The van der Waals surface area contributed by atoms with Gasteiger partial charge in [0.2, 0.25) is 0 Å². The van der Waals surface area contributed by atoms with E-state index in [0.29, 0.717) is 6.42 Å². The van der Waals surface area contributed by atoms with Gasteiger partial charge in [0.1, 0.15) is 0 Å². The Morgan fingerprint density at radius 2 is 2.00 bits per heavy atom. The summed E-state index contributed by atoms with van der Waals surface area (Å²) in [5.41, 5.74) is -2.03. The van der Waals surface area contributed by atoms with Crippen LogP contribution in [0.5, 0.6) is 0 Å². The molecule has 0 amide bonds. The Balaban J connectivity index is 2.58. The zero-order valence-electron chi connectivity index (χ0n) is 11.9. The van der Waals surface area contributed by atoms with Crippen molar-refractivity contribution in [2.45, 2.75) is 69.9 Å². The Hall–Kier alpha value is -0.640. The molecule has 1 rings (SSSR count). The summed E-state index contributed by atoms with van der Waals surface area (Å²) >= 11 is 0. The first-order valence-electron chi connectivity index (χ1n) is 6.52. The van der Waals surface area contributed by atoms with E-state index >= 15 is 0 Å². The van der Waals surface area contributed by atoms with Crippen LogP contribution in [0.3, 0.4) is 0 Å². The minimum atomic E-state index is -0.874. The van der Waals surface area contributed by atoms with Crippen molar-refractivity contribution < 1.29 is 14.9 Å². The fourth-order valence-corrected chi connectivity index (χ4v) is 2.11. The molecule has 0 aliphatic carbocycles. The van der Waals surface area contributed by atoms with E-state index in [1.54, 1.807) is 20.8 Å². The third-order valence-corrected chi connectivity index (χ3v) is 3.54. The van der Waals surface area contributed by atoms with Crippen molar-refractivity contribution in [3.8, 4) is 0 Å². The van der Waals surface area contributed by atoms with Gasteiger partial charge in [0.25, 0.3) is 0 Å². The second kappa shape index (κ2) is 5.16. The number of aliphatic hydroxyl groups is 2. The third kappa shape index (κ3) is 4.23. The van der Waals surface area contributed by atoms with Crippen LogP contribution >= 0.6 is 0 Å². The number of rotatable bonds is 5. The normalized spacial score (nSPS) is 32.7. The predicted octanol–water partition coefficient (Wildman–Crippen LogP) is 2.58. The molecule has 0 radical (unpaired) electrons. The van der Waals surface area contributed by atoms with Crippen molar-refractivity contribution in [2.75, 3.05) is 0 Å². The molecule has 104 valence electrons. The van der Waals surface area contributed by atoms with Crippen molar-refractivity contribution in [1.29, 1.82) is 0 Å². The molecule has 0 bridgehead atoms. The molecule has 3 atom stereocenters. The molecular formula is C15H26O3. The van der Waals surface area contributed by atoms with Gasteiger partial charge in [-0.1, -0.05) is 18.2 Å². The van der Waals surface area contributed by atoms with Crippen molar-refractivity contribution >= 4 is 0 Å². The first-order chi connectivity index (χ1) is 8.08. The van der Waals surface area contributed by atoms with E-state index in [1.807, 2.05) is 19.1 Å². The molecule has 1 heterocycles.